The fourth-order valence-electron chi connectivity index (χ4n) is 4.58. The first-order valence-electron chi connectivity index (χ1n) is 7.77. The quantitative estimate of drug-likeness (QED) is 0.790. The van der Waals surface area contributed by atoms with Crippen LogP contribution in [0.5, 0.6) is 0 Å². The molecule has 19 heavy (non-hydrogen) atoms. The molecule has 0 amide bonds. The monoisotopic (exact) mass is 262 g/mol. The maximum absolute atomic E-state index is 11.4. The van der Waals surface area contributed by atoms with E-state index in [1.807, 2.05) is 0 Å². The molecule has 0 radical (unpaired) electrons. The van der Waals surface area contributed by atoms with Gasteiger partial charge >= 0.3 is 0 Å². The van der Waals surface area contributed by atoms with Gasteiger partial charge in [0.25, 0.3) is 0 Å². The van der Waals surface area contributed by atoms with E-state index >= 15 is 0 Å². The van der Waals surface area contributed by atoms with Crippen molar-refractivity contribution in [1.82, 2.24) is 4.90 Å². The van der Waals surface area contributed by atoms with Crippen molar-refractivity contribution < 1.29 is 5.11 Å². The summed E-state index contributed by atoms with van der Waals surface area (Å²) in [7, 11) is 0. The Morgan fingerprint density at radius 1 is 1.11 bits per heavy atom. The Balaban J connectivity index is 1.88. The van der Waals surface area contributed by atoms with Gasteiger partial charge in [-0.1, -0.05) is 13.8 Å². The SMILES string of the molecule is CC1(C)CCC(C#N)(C2(O)CCN3CCC2C3)CC1. The van der Waals surface area contributed by atoms with Gasteiger partial charge in [-0.25, -0.2) is 0 Å². The van der Waals surface area contributed by atoms with Crippen LogP contribution in [0.15, 0.2) is 0 Å². The smallest absolute Gasteiger partial charge is 0.0886 e. The van der Waals surface area contributed by atoms with Crippen molar-refractivity contribution in [2.24, 2.45) is 16.7 Å². The molecule has 2 bridgehead atoms. The molecular formula is C16H26N2O. The maximum atomic E-state index is 11.4. The molecular weight excluding hydrogens is 236 g/mol. The Kier molecular flexibility index (Phi) is 2.96. The van der Waals surface area contributed by atoms with E-state index in [0.29, 0.717) is 11.3 Å². The van der Waals surface area contributed by atoms with Crippen molar-refractivity contribution in [2.75, 3.05) is 19.6 Å². The first kappa shape index (κ1) is 13.4. The van der Waals surface area contributed by atoms with E-state index in [0.717, 1.165) is 58.2 Å². The number of fused-ring (bicyclic) bond motifs is 2. The van der Waals surface area contributed by atoms with Crippen molar-refractivity contribution in [3.05, 3.63) is 0 Å². The first-order valence-corrected chi connectivity index (χ1v) is 7.77. The minimum absolute atomic E-state index is 0.321. The third-order valence-corrected chi connectivity index (χ3v) is 6.26. The Morgan fingerprint density at radius 3 is 2.42 bits per heavy atom. The molecule has 1 N–H and O–H groups in total. The van der Waals surface area contributed by atoms with Gasteiger partial charge in [-0.2, -0.15) is 5.26 Å². The fraction of sp³-hybridized carbons (Fsp3) is 0.938. The zero-order valence-electron chi connectivity index (χ0n) is 12.3. The molecule has 0 aromatic heterocycles. The van der Waals surface area contributed by atoms with Crippen LogP contribution < -0.4 is 0 Å². The molecule has 3 aliphatic rings. The first-order chi connectivity index (χ1) is 8.91. The summed E-state index contributed by atoms with van der Waals surface area (Å²) in [5.74, 6) is 0.321. The summed E-state index contributed by atoms with van der Waals surface area (Å²) in [4.78, 5) is 2.44. The van der Waals surface area contributed by atoms with Crippen LogP contribution >= 0.6 is 0 Å². The Hall–Kier alpha value is -0.590. The Morgan fingerprint density at radius 2 is 1.79 bits per heavy atom. The van der Waals surface area contributed by atoms with Gasteiger partial charge in [0.1, 0.15) is 0 Å². The van der Waals surface area contributed by atoms with Gasteiger partial charge in [-0.15, -0.1) is 0 Å². The van der Waals surface area contributed by atoms with Gasteiger partial charge in [0.2, 0.25) is 0 Å². The minimum Gasteiger partial charge on any atom is -0.388 e. The molecule has 2 heterocycles. The molecule has 3 atom stereocenters. The third-order valence-electron chi connectivity index (χ3n) is 6.26. The Labute approximate surface area is 116 Å². The normalized spacial score (nSPS) is 43.7. The van der Waals surface area contributed by atoms with Crippen LogP contribution in [0.4, 0.5) is 0 Å². The average molecular weight is 262 g/mol. The lowest BCUT2D eigenvalue weighted by Gasteiger charge is -2.52. The molecule has 3 heteroatoms. The highest BCUT2D eigenvalue weighted by atomic mass is 16.3. The molecule has 1 saturated carbocycles. The number of nitrogens with zero attached hydrogens (tertiary/aromatic N) is 2. The van der Waals surface area contributed by atoms with Crippen molar-refractivity contribution in [1.29, 1.82) is 5.26 Å². The maximum Gasteiger partial charge on any atom is 0.0886 e. The largest absolute Gasteiger partial charge is 0.388 e. The van der Waals surface area contributed by atoms with Crippen LogP contribution in [0.1, 0.15) is 52.4 Å². The highest BCUT2D eigenvalue weighted by Gasteiger charge is 2.59. The van der Waals surface area contributed by atoms with Gasteiger partial charge in [0, 0.05) is 19.0 Å². The zero-order valence-corrected chi connectivity index (χ0v) is 12.3. The van der Waals surface area contributed by atoms with Crippen LogP contribution in [0.2, 0.25) is 0 Å². The second kappa shape index (κ2) is 4.20. The second-order valence-corrected chi connectivity index (χ2v) is 7.82. The number of hydrogen-bond acceptors (Lipinski definition) is 3. The number of aliphatic hydroxyl groups is 1. The van der Waals surface area contributed by atoms with E-state index in [1.165, 1.54) is 0 Å². The molecule has 106 valence electrons. The lowest BCUT2D eigenvalue weighted by atomic mass is 9.54. The topological polar surface area (TPSA) is 47.3 Å². The lowest BCUT2D eigenvalue weighted by molar-refractivity contribution is -0.140. The van der Waals surface area contributed by atoms with E-state index in [4.69, 9.17) is 0 Å². The molecule has 0 aromatic rings. The van der Waals surface area contributed by atoms with Crippen LogP contribution in [-0.4, -0.2) is 35.2 Å². The summed E-state index contributed by atoms with van der Waals surface area (Å²) in [6.45, 7) is 7.66. The predicted molar refractivity (Wildman–Crippen MR) is 74.4 cm³/mol. The van der Waals surface area contributed by atoms with Crippen LogP contribution in [0.3, 0.4) is 0 Å². The van der Waals surface area contributed by atoms with E-state index in [2.05, 4.69) is 24.8 Å². The van der Waals surface area contributed by atoms with E-state index in [-0.39, 0.29) is 0 Å². The Bertz CT molecular complexity index is 401. The summed E-state index contributed by atoms with van der Waals surface area (Å²) in [6.07, 6.45) is 5.76. The van der Waals surface area contributed by atoms with Crippen molar-refractivity contribution >= 4 is 0 Å². The highest BCUT2D eigenvalue weighted by Crippen LogP contribution is 2.56. The number of nitriles is 1. The van der Waals surface area contributed by atoms with Gasteiger partial charge in [0.05, 0.1) is 17.1 Å². The average Bonchev–Trinajstić information content (AvgIpc) is 2.80. The zero-order chi connectivity index (χ0) is 13.7. The molecule has 3 nitrogen and oxygen atoms in total. The summed E-state index contributed by atoms with van der Waals surface area (Å²) in [5.41, 5.74) is -0.873. The number of piperidine rings is 1. The standard InChI is InChI=1S/C16H26N2O/c1-14(2)4-6-15(12-17,7-5-14)16(19)8-10-18-9-3-13(16)11-18/h13,19H,3-11H2,1-2H3. The molecule has 2 saturated heterocycles. The van der Waals surface area contributed by atoms with Gasteiger partial charge in [-0.05, 0) is 50.5 Å². The van der Waals surface area contributed by atoms with Gasteiger partial charge in [-0.3, -0.25) is 0 Å². The summed E-state index contributed by atoms with van der Waals surface area (Å²) >= 11 is 0. The van der Waals surface area contributed by atoms with E-state index in [1.54, 1.807) is 0 Å². The summed E-state index contributed by atoms with van der Waals surface area (Å²) in [6, 6.07) is 2.58. The molecule has 0 aromatic carbocycles. The minimum atomic E-state index is -0.731. The van der Waals surface area contributed by atoms with E-state index < -0.39 is 11.0 Å². The fourth-order valence-corrected chi connectivity index (χ4v) is 4.58. The third kappa shape index (κ3) is 1.92. The lowest BCUT2D eigenvalue weighted by Crippen LogP contribution is -2.58. The van der Waals surface area contributed by atoms with Crippen molar-refractivity contribution in [3.8, 4) is 6.07 Å². The summed E-state index contributed by atoms with van der Waals surface area (Å²) < 4.78 is 0. The molecule has 2 aliphatic heterocycles. The second-order valence-electron chi connectivity index (χ2n) is 7.82. The molecule has 0 spiro atoms. The van der Waals surface area contributed by atoms with E-state index in [9.17, 15) is 10.4 Å². The molecule has 3 unspecified atom stereocenters. The molecule has 1 aliphatic carbocycles. The van der Waals surface area contributed by atoms with Crippen LogP contribution in [-0.2, 0) is 0 Å². The highest BCUT2D eigenvalue weighted by molar-refractivity contribution is 5.18. The molecule has 3 rings (SSSR count). The number of rotatable bonds is 1. The molecule has 3 fully saturated rings. The number of hydrogen-bond donors (Lipinski definition) is 1. The van der Waals surface area contributed by atoms with Gasteiger partial charge < -0.3 is 10.0 Å². The van der Waals surface area contributed by atoms with Gasteiger partial charge in [0.15, 0.2) is 0 Å². The summed E-state index contributed by atoms with van der Waals surface area (Å²) in [5, 5.41) is 21.2. The van der Waals surface area contributed by atoms with Crippen LogP contribution in [0, 0.1) is 28.1 Å². The van der Waals surface area contributed by atoms with Crippen molar-refractivity contribution in [2.45, 2.75) is 58.0 Å². The predicted octanol–water partition coefficient (Wildman–Crippen LogP) is 2.55. The van der Waals surface area contributed by atoms with Crippen LogP contribution in [0.25, 0.3) is 0 Å². The van der Waals surface area contributed by atoms with Crippen molar-refractivity contribution in [3.63, 3.8) is 0 Å².